The van der Waals surface area contributed by atoms with Crippen LogP contribution in [0.1, 0.15) is 34.6 Å². The lowest BCUT2D eigenvalue weighted by Gasteiger charge is -2.33. The van der Waals surface area contributed by atoms with Crippen molar-refractivity contribution in [1.29, 1.82) is 0 Å². The number of carbonyl (C=O) groups excluding carboxylic acids is 1. The van der Waals surface area contributed by atoms with Crippen molar-refractivity contribution in [2.75, 3.05) is 24.9 Å². The Morgan fingerprint density at radius 1 is 1.09 bits per heavy atom. The van der Waals surface area contributed by atoms with Gasteiger partial charge in [0.05, 0.1) is 20.3 Å². The highest BCUT2D eigenvalue weighted by atomic mass is 19.4. The first-order valence-electron chi connectivity index (χ1n) is 9.91. The molecule has 1 amide bonds. The number of aromatic nitrogens is 2. The summed E-state index contributed by atoms with van der Waals surface area (Å²) in [5.74, 6) is -0.306. The molecule has 2 heterocycles. The van der Waals surface area contributed by atoms with Crippen LogP contribution in [0.4, 0.5) is 29.1 Å². The van der Waals surface area contributed by atoms with Gasteiger partial charge in [0, 0.05) is 24.2 Å². The van der Waals surface area contributed by atoms with E-state index < -0.39 is 30.0 Å². The molecular formula is C22H20F4N4O3. The molecular weight excluding hydrogens is 444 g/mol. The molecule has 0 saturated heterocycles. The molecule has 3 aromatic rings. The van der Waals surface area contributed by atoms with Gasteiger partial charge < -0.3 is 20.1 Å². The van der Waals surface area contributed by atoms with Gasteiger partial charge in [0.25, 0.3) is 5.91 Å². The topological polar surface area (TPSA) is 77.4 Å². The summed E-state index contributed by atoms with van der Waals surface area (Å²) in [5.41, 5.74) is 0.656. The standard InChI is InChI=1S/C22H20F4N4O3/c1-32-17-8-7-14(9-18(17)33-2)27-21(31)16-11-20-28-15(12-3-5-13(23)6-4-12)10-19(22(24,25)26)30(20)29-16/h3-9,11,15,19,28H,10H2,1-2H3,(H,27,31). The number of methoxy groups -OCH3 is 2. The fraction of sp³-hybridized carbons (Fsp3) is 0.273. The molecule has 2 aromatic carbocycles. The van der Waals surface area contributed by atoms with Crippen molar-refractivity contribution in [2.24, 2.45) is 0 Å². The fourth-order valence-electron chi connectivity index (χ4n) is 3.71. The van der Waals surface area contributed by atoms with Crippen LogP contribution in [0.25, 0.3) is 0 Å². The zero-order valence-corrected chi connectivity index (χ0v) is 17.6. The van der Waals surface area contributed by atoms with Crippen LogP contribution >= 0.6 is 0 Å². The van der Waals surface area contributed by atoms with E-state index in [4.69, 9.17) is 9.47 Å². The quantitative estimate of drug-likeness (QED) is 0.523. The van der Waals surface area contributed by atoms with Crippen LogP contribution in [0.3, 0.4) is 0 Å². The lowest BCUT2D eigenvalue weighted by atomic mass is 9.97. The van der Waals surface area contributed by atoms with E-state index in [1.807, 2.05) is 0 Å². The number of anilines is 2. The lowest BCUT2D eigenvalue weighted by Crippen LogP contribution is -2.35. The number of nitrogens with zero attached hydrogens (tertiary/aromatic N) is 2. The van der Waals surface area contributed by atoms with Crippen molar-refractivity contribution < 1.29 is 31.8 Å². The summed E-state index contributed by atoms with van der Waals surface area (Å²) in [5, 5.41) is 9.48. The van der Waals surface area contributed by atoms with Crippen LogP contribution in [-0.4, -0.2) is 36.1 Å². The first-order chi connectivity index (χ1) is 15.7. The number of rotatable bonds is 5. The van der Waals surface area contributed by atoms with Crippen LogP contribution in [-0.2, 0) is 0 Å². The van der Waals surface area contributed by atoms with Crippen molar-refractivity contribution in [3.8, 4) is 11.5 Å². The molecule has 0 bridgehead atoms. The molecule has 33 heavy (non-hydrogen) atoms. The normalized spacial score (nSPS) is 17.6. The summed E-state index contributed by atoms with van der Waals surface area (Å²) in [6, 6.07) is 8.47. The van der Waals surface area contributed by atoms with Crippen LogP contribution in [0.5, 0.6) is 11.5 Å². The maximum absolute atomic E-state index is 13.8. The molecule has 7 nitrogen and oxygen atoms in total. The number of amides is 1. The summed E-state index contributed by atoms with van der Waals surface area (Å²) < 4.78 is 65.8. The molecule has 2 unspecified atom stereocenters. The fourth-order valence-corrected chi connectivity index (χ4v) is 3.71. The van der Waals surface area contributed by atoms with Gasteiger partial charge in [-0.2, -0.15) is 18.3 Å². The molecule has 0 saturated carbocycles. The average molecular weight is 464 g/mol. The third-order valence-corrected chi connectivity index (χ3v) is 5.34. The number of hydrogen-bond acceptors (Lipinski definition) is 5. The van der Waals surface area contributed by atoms with Gasteiger partial charge >= 0.3 is 6.18 Å². The second kappa shape index (κ2) is 8.64. The van der Waals surface area contributed by atoms with Crippen LogP contribution in [0.2, 0.25) is 0 Å². The van der Waals surface area contributed by atoms with Crippen molar-refractivity contribution in [1.82, 2.24) is 9.78 Å². The third kappa shape index (κ3) is 4.57. The van der Waals surface area contributed by atoms with Gasteiger partial charge in [-0.05, 0) is 29.8 Å². The monoisotopic (exact) mass is 464 g/mol. The molecule has 0 fully saturated rings. The minimum atomic E-state index is -4.60. The van der Waals surface area contributed by atoms with Crippen LogP contribution in [0, 0.1) is 5.82 Å². The summed E-state index contributed by atoms with van der Waals surface area (Å²) in [6.45, 7) is 0. The van der Waals surface area contributed by atoms with Crippen LogP contribution < -0.4 is 20.1 Å². The number of alkyl halides is 3. The Kier molecular flexibility index (Phi) is 5.88. The maximum Gasteiger partial charge on any atom is 0.410 e. The van der Waals surface area contributed by atoms with Gasteiger partial charge in [0.2, 0.25) is 0 Å². The number of halogens is 4. The molecule has 0 aliphatic carbocycles. The van der Waals surface area contributed by atoms with Gasteiger partial charge in [0.1, 0.15) is 11.6 Å². The van der Waals surface area contributed by atoms with Gasteiger partial charge in [-0.15, -0.1) is 0 Å². The van der Waals surface area contributed by atoms with Gasteiger partial charge in [-0.3, -0.25) is 4.79 Å². The number of carbonyl (C=O) groups is 1. The van der Waals surface area contributed by atoms with Crippen molar-refractivity contribution in [3.63, 3.8) is 0 Å². The molecule has 1 aliphatic heterocycles. The Labute approximate surface area is 186 Å². The Bertz CT molecular complexity index is 1160. The Balaban J connectivity index is 1.61. The number of benzene rings is 2. The molecule has 4 rings (SSSR count). The highest BCUT2D eigenvalue weighted by Crippen LogP contribution is 2.43. The van der Waals surface area contributed by atoms with Gasteiger partial charge in [-0.1, -0.05) is 12.1 Å². The molecule has 1 aromatic heterocycles. The molecule has 0 radical (unpaired) electrons. The number of fused-ring (bicyclic) bond motifs is 1. The van der Waals surface area contributed by atoms with Crippen molar-refractivity contribution >= 4 is 17.4 Å². The first kappa shape index (κ1) is 22.4. The van der Waals surface area contributed by atoms with E-state index in [0.717, 1.165) is 4.68 Å². The average Bonchev–Trinajstić information content (AvgIpc) is 3.22. The van der Waals surface area contributed by atoms with E-state index >= 15 is 0 Å². The lowest BCUT2D eigenvalue weighted by molar-refractivity contribution is -0.173. The predicted molar refractivity (Wildman–Crippen MR) is 112 cm³/mol. The van der Waals surface area contributed by atoms with Crippen molar-refractivity contribution in [3.05, 3.63) is 65.6 Å². The maximum atomic E-state index is 13.8. The molecule has 0 spiro atoms. The zero-order valence-electron chi connectivity index (χ0n) is 17.6. The van der Waals surface area contributed by atoms with E-state index in [0.29, 0.717) is 22.7 Å². The minimum Gasteiger partial charge on any atom is -0.493 e. The summed E-state index contributed by atoms with van der Waals surface area (Å²) >= 11 is 0. The number of hydrogen-bond donors (Lipinski definition) is 2. The van der Waals surface area contributed by atoms with Gasteiger partial charge in [-0.25, -0.2) is 9.07 Å². The summed E-state index contributed by atoms with van der Waals surface area (Å²) in [4.78, 5) is 12.7. The minimum absolute atomic E-state index is 0.0374. The smallest absolute Gasteiger partial charge is 0.410 e. The molecule has 2 N–H and O–H groups in total. The number of nitrogens with one attached hydrogen (secondary N) is 2. The van der Waals surface area contributed by atoms with E-state index in [-0.39, 0.29) is 17.9 Å². The Hall–Kier alpha value is -3.76. The van der Waals surface area contributed by atoms with Crippen LogP contribution in [0.15, 0.2) is 48.5 Å². The third-order valence-electron chi connectivity index (χ3n) is 5.34. The summed E-state index contributed by atoms with van der Waals surface area (Å²) in [6.07, 6.45) is -4.96. The molecule has 1 aliphatic rings. The Morgan fingerprint density at radius 2 is 1.79 bits per heavy atom. The highest BCUT2D eigenvalue weighted by Gasteiger charge is 2.46. The SMILES string of the molecule is COc1ccc(NC(=O)c2cc3n(n2)C(C(F)(F)F)CC(c2ccc(F)cc2)N3)cc1OC. The largest absolute Gasteiger partial charge is 0.493 e. The highest BCUT2D eigenvalue weighted by molar-refractivity contribution is 6.03. The molecule has 11 heteroatoms. The number of ether oxygens (including phenoxy) is 2. The van der Waals surface area contributed by atoms with E-state index in [1.54, 1.807) is 12.1 Å². The Morgan fingerprint density at radius 3 is 2.42 bits per heavy atom. The first-order valence-corrected chi connectivity index (χ1v) is 9.91. The zero-order chi connectivity index (χ0) is 23.8. The van der Waals surface area contributed by atoms with Crippen molar-refractivity contribution in [2.45, 2.75) is 24.7 Å². The van der Waals surface area contributed by atoms with E-state index in [9.17, 15) is 22.4 Å². The van der Waals surface area contributed by atoms with E-state index in [2.05, 4.69) is 15.7 Å². The second-order valence-corrected chi connectivity index (χ2v) is 7.42. The molecule has 2 atom stereocenters. The van der Waals surface area contributed by atoms with Gasteiger partial charge in [0.15, 0.2) is 23.2 Å². The summed E-state index contributed by atoms with van der Waals surface area (Å²) in [7, 11) is 2.91. The molecule has 174 valence electrons. The predicted octanol–water partition coefficient (Wildman–Crippen LogP) is 4.95. The van der Waals surface area contributed by atoms with E-state index in [1.165, 1.54) is 50.6 Å². The second-order valence-electron chi connectivity index (χ2n) is 7.42.